The summed E-state index contributed by atoms with van der Waals surface area (Å²) in [4.78, 5) is 0. The number of hydrogen-bond donors (Lipinski definition) is 0. The molecule has 0 aliphatic carbocycles. The van der Waals surface area contributed by atoms with Crippen molar-refractivity contribution >= 4 is 0 Å². The van der Waals surface area contributed by atoms with Crippen LogP contribution in [0.15, 0.2) is 0 Å². The van der Waals surface area contributed by atoms with Crippen molar-refractivity contribution in [3.8, 4) is 0 Å². The first-order valence-electron chi connectivity index (χ1n) is 4.87. The van der Waals surface area contributed by atoms with Crippen molar-refractivity contribution in [1.29, 1.82) is 0 Å². The number of alkyl halides is 2. The zero-order chi connectivity index (χ0) is 8.69. The van der Waals surface area contributed by atoms with Crippen LogP contribution in [-0.2, 0) is 0 Å². The summed E-state index contributed by atoms with van der Waals surface area (Å²) in [6.07, 6.45) is 4.22. The molecule has 0 aromatic carbocycles. The minimum absolute atomic E-state index is 0. The maximum absolute atomic E-state index is 2.36. The minimum atomic E-state index is 0. The third-order valence-corrected chi connectivity index (χ3v) is 6.21. The molecule has 0 aliphatic heterocycles. The van der Waals surface area contributed by atoms with Gasteiger partial charge in [-0.2, -0.15) is 0 Å². The molecule has 0 N–H and O–H groups in total. The Kier molecular flexibility index (Phi) is 76.3. The van der Waals surface area contributed by atoms with Crippen LogP contribution in [0, 0.1) is 5.92 Å². The number of halogens is 1. The van der Waals surface area contributed by atoms with Crippen molar-refractivity contribution in [2.75, 3.05) is 4.43 Å². The summed E-state index contributed by atoms with van der Waals surface area (Å²) < 4.78 is 2.57. The zero-order valence-corrected chi connectivity index (χ0v) is 10.5. The summed E-state index contributed by atoms with van der Waals surface area (Å²) in [6.45, 7) is 9.39. The summed E-state index contributed by atoms with van der Waals surface area (Å²) in [5.74, 6) is 1.03. The van der Waals surface area contributed by atoms with Gasteiger partial charge in [0, 0.05) is 0 Å². The predicted molar refractivity (Wildman–Crippen MR) is 89.1 cm³/mol. The van der Waals surface area contributed by atoms with E-state index >= 15 is 0 Å². The molecule has 0 saturated carbocycles. The average Bonchev–Trinajstić information content (AvgIpc) is 2.05. The Hall–Kier alpha value is 0.730. The van der Waals surface area contributed by atoms with Crippen molar-refractivity contribution < 1.29 is 21.2 Å². The Morgan fingerprint density at radius 1 is 0.647 bits per heavy atom. The normalized spacial score (nSPS) is 9.24. The Morgan fingerprint density at radius 3 is 1.18 bits per heavy atom. The van der Waals surface area contributed by atoms with Crippen LogP contribution in [0.2, 0.25) is 0 Å². The predicted octanol–water partition coefficient (Wildman–Crippen LogP) is 4.13. The second-order valence-electron chi connectivity index (χ2n) is 2.92. The SMILES string of the molecule is C.C.C.C.C.C.CC[I-]C(CC)C(CC)CC. The van der Waals surface area contributed by atoms with Gasteiger partial charge in [0.25, 0.3) is 0 Å². The summed E-state index contributed by atoms with van der Waals surface area (Å²) >= 11 is 0.509. The van der Waals surface area contributed by atoms with E-state index in [2.05, 4.69) is 27.7 Å². The molecule has 0 heterocycles. The standard InChI is InChI=1S/C10H22I.6CH4/c1-5-9(6-2)10(7-3)11-8-4;;;;;;/h9-10H,5-8H2,1-4H3;6*1H4/q-1;;;;;;. The van der Waals surface area contributed by atoms with Crippen LogP contribution < -0.4 is 21.2 Å². The molecule has 1 heteroatoms. The van der Waals surface area contributed by atoms with Crippen molar-refractivity contribution in [3.05, 3.63) is 0 Å². The molecule has 1 unspecified atom stereocenters. The van der Waals surface area contributed by atoms with E-state index in [1.165, 1.54) is 23.7 Å². The molecule has 0 aromatic heterocycles. The summed E-state index contributed by atoms with van der Waals surface area (Å²) in [5, 5.41) is 0. The van der Waals surface area contributed by atoms with E-state index in [1.807, 2.05) is 0 Å². The molecule has 0 aliphatic rings. The molecule has 0 saturated heterocycles. The first-order chi connectivity index (χ1) is 5.29. The second-order valence-corrected chi connectivity index (χ2v) is 6.93. The van der Waals surface area contributed by atoms with Gasteiger partial charge in [0.1, 0.15) is 0 Å². The summed E-state index contributed by atoms with van der Waals surface area (Å²) in [7, 11) is 0. The van der Waals surface area contributed by atoms with Crippen LogP contribution in [0.25, 0.3) is 0 Å². The Balaban J connectivity index is -0.0000000333. The van der Waals surface area contributed by atoms with Crippen LogP contribution in [0.5, 0.6) is 0 Å². The van der Waals surface area contributed by atoms with Crippen LogP contribution >= 0.6 is 0 Å². The van der Waals surface area contributed by atoms with Gasteiger partial charge in [-0.1, -0.05) is 44.6 Å². The van der Waals surface area contributed by atoms with Gasteiger partial charge < -0.3 is 0 Å². The van der Waals surface area contributed by atoms with Gasteiger partial charge in [-0.15, -0.1) is 0 Å². The van der Waals surface area contributed by atoms with E-state index in [1.54, 1.807) is 0 Å². The Morgan fingerprint density at radius 2 is 1.00 bits per heavy atom. The first-order valence-corrected chi connectivity index (χ1v) is 7.64. The van der Waals surface area contributed by atoms with Crippen LogP contribution in [-0.4, -0.2) is 8.35 Å². The Bertz CT molecular complexity index is 77.6. The van der Waals surface area contributed by atoms with Gasteiger partial charge in [0.15, 0.2) is 0 Å². The van der Waals surface area contributed by atoms with Crippen molar-refractivity contribution in [2.45, 2.75) is 95.4 Å². The van der Waals surface area contributed by atoms with E-state index in [0.29, 0.717) is 21.2 Å². The fourth-order valence-electron chi connectivity index (χ4n) is 1.57. The molecular formula is C16H46I-. The fraction of sp³-hybridized carbons (Fsp3) is 1.00. The molecule has 118 valence electrons. The van der Waals surface area contributed by atoms with Gasteiger partial charge in [0.05, 0.1) is 0 Å². The summed E-state index contributed by atoms with van der Waals surface area (Å²) in [5.41, 5.74) is 0. The number of rotatable bonds is 6. The van der Waals surface area contributed by atoms with E-state index in [9.17, 15) is 0 Å². The van der Waals surface area contributed by atoms with Crippen molar-refractivity contribution in [1.82, 2.24) is 0 Å². The average molecular weight is 365 g/mol. The van der Waals surface area contributed by atoms with E-state index in [4.69, 9.17) is 0 Å². The fourth-order valence-corrected chi connectivity index (χ4v) is 5.06. The monoisotopic (exact) mass is 365 g/mol. The quantitative estimate of drug-likeness (QED) is 0.491. The van der Waals surface area contributed by atoms with E-state index < -0.39 is 0 Å². The van der Waals surface area contributed by atoms with Crippen molar-refractivity contribution in [2.24, 2.45) is 5.92 Å². The second kappa shape index (κ2) is 30.1. The molecule has 0 aromatic rings. The molecule has 0 nitrogen and oxygen atoms in total. The molecule has 17 heavy (non-hydrogen) atoms. The van der Waals surface area contributed by atoms with Gasteiger partial charge in [-0.3, -0.25) is 0 Å². The molecule has 0 amide bonds. The Labute approximate surface area is 127 Å². The van der Waals surface area contributed by atoms with Gasteiger partial charge in [0.2, 0.25) is 0 Å². The maximum atomic E-state index is 2.36. The molecule has 1 atom stereocenters. The topological polar surface area (TPSA) is 0 Å². The molecule has 0 spiro atoms. The van der Waals surface area contributed by atoms with Crippen LogP contribution in [0.4, 0.5) is 0 Å². The first kappa shape index (κ1) is 43.1. The van der Waals surface area contributed by atoms with Crippen LogP contribution in [0.1, 0.15) is 91.5 Å². The molecular weight excluding hydrogens is 319 g/mol. The molecule has 0 radical (unpaired) electrons. The third-order valence-electron chi connectivity index (χ3n) is 2.30. The van der Waals surface area contributed by atoms with E-state index in [0.717, 1.165) is 9.84 Å². The summed E-state index contributed by atoms with van der Waals surface area (Å²) in [6, 6.07) is 0. The molecule has 0 fully saturated rings. The van der Waals surface area contributed by atoms with E-state index in [-0.39, 0.29) is 44.6 Å². The zero-order valence-electron chi connectivity index (χ0n) is 8.36. The van der Waals surface area contributed by atoms with Gasteiger partial charge >= 0.3 is 82.4 Å². The number of hydrogen-bond acceptors (Lipinski definition) is 0. The van der Waals surface area contributed by atoms with Gasteiger partial charge in [-0.25, -0.2) is 0 Å². The third kappa shape index (κ3) is 19.3. The molecule has 0 bridgehead atoms. The van der Waals surface area contributed by atoms with Gasteiger partial charge in [-0.05, 0) is 0 Å². The van der Waals surface area contributed by atoms with Crippen molar-refractivity contribution in [3.63, 3.8) is 0 Å². The molecule has 0 rings (SSSR count). The van der Waals surface area contributed by atoms with Crippen LogP contribution in [0.3, 0.4) is 0 Å².